The van der Waals surface area contributed by atoms with Crippen LogP contribution in [-0.4, -0.2) is 54.7 Å². The van der Waals surface area contributed by atoms with Crippen LogP contribution >= 0.6 is 7.82 Å². The van der Waals surface area contributed by atoms with Crippen LogP contribution in [0.4, 0.5) is 0 Å². The largest absolute Gasteiger partial charge is 0.790 e. The highest BCUT2D eigenvalue weighted by Crippen LogP contribution is 2.25. The summed E-state index contributed by atoms with van der Waals surface area (Å²) in [6.45, 7) is -0.485. The summed E-state index contributed by atoms with van der Waals surface area (Å²) < 4.78 is 25.7. The highest BCUT2D eigenvalue weighted by atomic mass is 31.2. The molecule has 0 saturated carbocycles. The van der Waals surface area contributed by atoms with Crippen molar-refractivity contribution in [2.24, 2.45) is 0 Å². The molecule has 0 amide bonds. The number of carbonyl (C=O) groups excluding carboxylic acids is 2. The summed E-state index contributed by atoms with van der Waals surface area (Å²) in [7, 11) is -5.27. The van der Waals surface area contributed by atoms with Crippen molar-refractivity contribution < 1.29 is 48.2 Å². The highest BCUT2D eigenvalue weighted by Gasteiger charge is 2.18. The molecule has 0 aromatic rings. The van der Waals surface area contributed by atoms with Crippen molar-refractivity contribution in [3.63, 3.8) is 0 Å². The van der Waals surface area contributed by atoms with Crippen molar-refractivity contribution in [1.82, 2.24) is 0 Å². The van der Waals surface area contributed by atoms with Gasteiger partial charge in [-0.05, 0) is 83.5 Å². The van der Waals surface area contributed by atoms with E-state index in [1.54, 1.807) is 0 Å². The van der Waals surface area contributed by atoms with Gasteiger partial charge >= 0.3 is 11.9 Å². The summed E-state index contributed by atoms with van der Waals surface area (Å²) in [5, 5.41) is 17.6. The van der Waals surface area contributed by atoms with Crippen LogP contribution in [0.1, 0.15) is 167 Å². The molecule has 0 aliphatic carbocycles. The van der Waals surface area contributed by atoms with Crippen LogP contribution < -0.4 is 9.79 Å². The summed E-state index contributed by atoms with van der Waals surface area (Å²) in [5.74, 6) is -1.02. The topological polar surface area (TPSA) is 165 Å². The van der Waals surface area contributed by atoms with Crippen molar-refractivity contribution in [1.29, 1.82) is 0 Å². The Labute approximate surface area is 303 Å². The van der Waals surface area contributed by atoms with Gasteiger partial charge in [-0.15, -0.1) is 0 Å². The summed E-state index contributed by atoms with van der Waals surface area (Å²) in [6.07, 6.45) is 37.0. The van der Waals surface area contributed by atoms with Crippen LogP contribution in [0.15, 0.2) is 36.5 Å². The van der Waals surface area contributed by atoms with Gasteiger partial charge in [-0.25, -0.2) is 0 Å². The molecule has 0 radical (unpaired) electrons. The zero-order valence-corrected chi connectivity index (χ0v) is 31.8. The van der Waals surface area contributed by atoms with Gasteiger partial charge in [0.05, 0.1) is 14.4 Å². The van der Waals surface area contributed by atoms with Crippen LogP contribution in [0, 0.1) is 0 Å². The van der Waals surface area contributed by atoms with Gasteiger partial charge in [-0.1, -0.05) is 107 Å². The fourth-order valence-electron chi connectivity index (χ4n) is 5.29. The lowest BCUT2D eigenvalue weighted by Crippen LogP contribution is -2.31. The monoisotopic (exact) mass is 728 g/mol. The molecule has 11 heteroatoms. The van der Waals surface area contributed by atoms with Gasteiger partial charge in [0.2, 0.25) is 0 Å². The fraction of sp³-hybridized carbons (Fsp3) is 0.795. The number of ether oxygens (including phenoxy) is 2. The molecule has 0 bridgehead atoms. The first-order valence-electron chi connectivity index (χ1n) is 19.5. The van der Waals surface area contributed by atoms with Crippen molar-refractivity contribution in [2.45, 2.75) is 173 Å². The number of hydrogen-bond acceptors (Lipinski definition) is 10. The Morgan fingerprint density at radius 1 is 0.520 bits per heavy atom. The van der Waals surface area contributed by atoms with E-state index in [0.29, 0.717) is 19.4 Å². The first kappa shape index (κ1) is 48.2. The number of allylic oxidation sites excluding steroid dienone is 6. The lowest BCUT2D eigenvalue weighted by atomic mass is 10.1. The zero-order chi connectivity index (χ0) is 36.8. The second kappa shape index (κ2) is 37.0. The summed E-state index contributed by atoms with van der Waals surface area (Å²) >= 11 is 0. The molecule has 0 fully saturated rings. The van der Waals surface area contributed by atoms with E-state index >= 15 is 0 Å². The van der Waals surface area contributed by atoms with E-state index in [2.05, 4.69) is 41.0 Å². The molecule has 2 N–H and O–H groups in total. The number of phosphoric acid groups is 1. The van der Waals surface area contributed by atoms with Crippen LogP contribution in [0.25, 0.3) is 0 Å². The average molecular weight is 729 g/mol. The lowest BCUT2D eigenvalue weighted by Gasteiger charge is -2.30. The Morgan fingerprint density at radius 2 is 0.900 bits per heavy atom. The number of esters is 2. The Bertz CT molecular complexity index is 915. The van der Waals surface area contributed by atoms with E-state index in [-0.39, 0.29) is 26.1 Å². The van der Waals surface area contributed by atoms with Crippen molar-refractivity contribution >= 4 is 19.8 Å². The molecule has 0 aromatic heterocycles. The molecule has 0 aliphatic heterocycles. The fourth-order valence-corrected chi connectivity index (χ4v) is 5.64. The lowest BCUT2D eigenvalue weighted by molar-refractivity contribution is -0.343. The summed E-state index contributed by atoms with van der Waals surface area (Å²) in [4.78, 5) is 46.4. The van der Waals surface area contributed by atoms with Crippen molar-refractivity contribution in [3.8, 4) is 0 Å². The maximum atomic E-state index is 12.3. The van der Waals surface area contributed by atoms with E-state index in [4.69, 9.17) is 19.7 Å². The van der Waals surface area contributed by atoms with Gasteiger partial charge in [0, 0.05) is 26.1 Å². The zero-order valence-electron chi connectivity index (χ0n) is 30.9. The van der Waals surface area contributed by atoms with Crippen LogP contribution in [-0.2, 0) is 28.2 Å². The van der Waals surface area contributed by atoms with Crippen molar-refractivity contribution in [3.05, 3.63) is 36.5 Å². The minimum atomic E-state index is -5.27. The number of hydrogen-bond donors (Lipinski definition) is 2. The minimum absolute atomic E-state index is 0.144. The SMILES string of the molecule is O=C(CCCCCCC/C=C\CCCCCCCCO)OC[C@H](COP(=O)([O-])[O-])OC(=O)CCCCCCC/C=C\C/C=C\CCCCCO. The number of aliphatic hydroxyl groups excluding tert-OH is 2. The number of phosphoric ester groups is 1. The molecule has 0 saturated heterocycles. The Morgan fingerprint density at radius 3 is 1.36 bits per heavy atom. The third kappa shape index (κ3) is 39.0. The normalized spacial score (nSPS) is 12.8. The maximum absolute atomic E-state index is 12.3. The molecule has 0 aliphatic rings. The van der Waals surface area contributed by atoms with Gasteiger partial charge in [0.15, 0.2) is 6.10 Å². The number of carbonyl (C=O) groups is 2. The average Bonchev–Trinajstić information content (AvgIpc) is 3.08. The van der Waals surface area contributed by atoms with Gasteiger partial charge in [0.1, 0.15) is 6.61 Å². The Kier molecular flexibility index (Phi) is 35.6. The minimum Gasteiger partial charge on any atom is -0.790 e. The third-order valence-electron chi connectivity index (χ3n) is 8.23. The van der Waals surface area contributed by atoms with E-state index < -0.39 is 32.5 Å². The first-order chi connectivity index (χ1) is 24.3. The molecule has 0 rings (SSSR count). The summed E-state index contributed by atoms with van der Waals surface area (Å²) in [6, 6.07) is 0. The maximum Gasteiger partial charge on any atom is 0.306 e. The van der Waals surface area contributed by atoms with E-state index in [0.717, 1.165) is 116 Å². The first-order valence-corrected chi connectivity index (χ1v) is 20.9. The van der Waals surface area contributed by atoms with Gasteiger partial charge < -0.3 is 38.6 Å². The molecule has 0 unspecified atom stereocenters. The molecule has 0 aromatic carbocycles. The molecular weight excluding hydrogens is 659 g/mol. The molecule has 10 nitrogen and oxygen atoms in total. The standard InChI is InChI=1S/C39H71O10P/c40-33-29-25-21-17-13-9-5-1-3-7-11-15-19-23-27-31-38(42)47-35-37(36-48-50(44,45)46)49-39(43)32-28-24-20-16-12-8-4-2-6-10-14-18-22-26-30-34-41/h1-4,10,14,37,40-41H,5-9,11-13,15-36H2,(H2,44,45,46)/p-2/b3-1-,4-2-,14-10-/t37-/m1/s1. The second-order valence-corrected chi connectivity index (χ2v) is 14.2. The molecule has 0 heterocycles. The summed E-state index contributed by atoms with van der Waals surface area (Å²) in [5.41, 5.74) is 0. The van der Waals surface area contributed by atoms with E-state index in [9.17, 15) is 23.9 Å². The van der Waals surface area contributed by atoms with Crippen LogP contribution in [0.3, 0.4) is 0 Å². The molecular formula is C39H69O10P-2. The predicted molar refractivity (Wildman–Crippen MR) is 196 cm³/mol. The number of rotatable bonds is 37. The third-order valence-corrected chi connectivity index (χ3v) is 8.70. The second-order valence-electron chi connectivity index (χ2n) is 13.0. The quantitative estimate of drug-likeness (QED) is 0.0276. The van der Waals surface area contributed by atoms with Crippen LogP contribution in [0.5, 0.6) is 0 Å². The molecule has 292 valence electrons. The predicted octanol–water partition coefficient (Wildman–Crippen LogP) is 8.08. The molecule has 1 atom stereocenters. The molecule has 50 heavy (non-hydrogen) atoms. The Balaban J connectivity index is 3.97. The van der Waals surface area contributed by atoms with Gasteiger partial charge in [0.25, 0.3) is 0 Å². The van der Waals surface area contributed by atoms with Crippen LogP contribution in [0.2, 0.25) is 0 Å². The number of aliphatic hydroxyl groups is 2. The van der Waals surface area contributed by atoms with Gasteiger partial charge in [-0.2, -0.15) is 0 Å². The smallest absolute Gasteiger partial charge is 0.306 e. The van der Waals surface area contributed by atoms with Crippen molar-refractivity contribution in [2.75, 3.05) is 26.4 Å². The molecule has 0 spiro atoms. The van der Waals surface area contributed by atoms with E-state index in [1.807, 2.05) is 0 Å². The van der Waals surface area contributed by atoms with Gasteiger partial charge in [-0.3, -0.25) is 9.59 Å². The van der Waals surface area contributed by atoms with E-state index in [1.165, 1.54) is 25.7 Å². The Hall–Kier alpha value is -1.81. The highest BCUT2D eigenvalue weighted by molar-refractivity contribution is 7.43. The number of unbranched alkanes of at least 4 members (excludes halogenated alkanes) is 19.